The summed E-state index contributed by atoms with van der Waals surface area (Å²) in [5, 5.41) is 6.19. The van der Waals surface area contributed by atoms with Crippen molar-refractivity contribution in [2.45, 2.75) is 88.5 Å². The molecule has 2 saturated heterocycles. The summed E-state index contributed by atoms with van der Waals surface area (Å²) in [6.45, 7) is 4.75. The zero-order valence-corrected chi connectivity index (χ0v) is 34.2. The van der Waals surface area contributed by atoms with E-state index in [1.807, 2.05) is 74.5 Å². The maximum atomic E-state index is 14.7. The standard InChI is InChI=1S/C43H51N6O9P/c1-26(2)48-21-20-31-15-18-36(40(52)45-33(16-19-39(44)51)38(50)24-32(27-10-6-4-7-11-27)28-12-8-5-9-13-28)49(31)42(54)34(25-48)46-41(53)37-23-30-22-29(43(55)59(56,57)58)14-17-35(30)47(37)3/h4-14,17,22-23,26,31-34,36H,15-16,18-21,24-25H2,1-3H3,(H2,44,51)(H,45,52)(H,46,53)(H2,56,57,58)/t31-,33+,34+,36+/m1/s1. The van der Waals surface area contributed by atoms with Gasteiger partial charge in [0.05, 0.1) is 6.04 Å². The Morgan fingerprint density at radius 1 is 0.898 bits per heavy atom. The van der Waals surface area contributed by atoms with Gasteiger partial charge in [0.25, 0.3) is 11.4 Å². The molecule has 4 aromatic rings. The van der Waals surface area contributed by atoms with Gasteiger partial charge in [0.2, 0.25) is 17.7 Å². The molecule has 0 spiro atoms. The minimum Gasteiger partial charge on any atom is -0.370 e. The maximum Gasteiger partial charge on any atom is 0.396 e. The third-order valence-corrected chi connectivity index (χ3v) is 12.3. The molecule has 4 atom stereocenters. The van der Waals surface area contributed by atoms with Gasteiger partial charge in [-0.3, -0.25) is 38.2 Å². The first-order chi connectivity index (χ1) is 28.0. The fourth-order valence-corrected chi connectivity index (χ4v) is 8.82. The molecule has 3 aromatic carbocycles. The second-order valence-corrected chi connectivity index (χ2v) is 17.2. The van der Waals surface area contributed by atoms with Gasteiger partial charge in [0.15, 0.2) is 5.78 Å². The number of nitrogens with two attached hydrogens (primary N) is 1. The Kier molecular flexibility index (Phi) is 13.3. The quantitative estimate of drug-likeness (QED) is 0.110. The lowest BCUT2D eigenvalue weighted by molar-refractivity contribution is -0.144. The van der Waals surface area contributed by atoms with Crippen LogP contribution in [0.3, 0.4) is 0 Å². The van der Waals surface area contributed by atoms with Crippen LogP contribution in [-0.2, 0) is 30.8 Å². The van der Waals surface area contributed by atoms with E-state index in [1.165, 1.54) is 24.3 Å². The molecule has 6 rings (SSSR count). The second-order valence-electron chi connectivity index (χ2n) is 15.7. The average Bonchev–Trinajstić information content (AvgIpc) is 3.78. The number of nitrogens with zero attached hydrogens (tertiary/aromatic N) is 3. The van der Waals surface area contributed by atoms with Crippen molar-refractivity contribution in [2.75, 3.05) is 13.1 Å². The van der Waals surface area contributed by atoms with E-state index in [4.69, 9.17) is 5.73 Å². The van der Waals surface area contributed by atoms with Gasteiger partial charge in [-0.2, -0.15) is 0 Å². The number of hydrogen-bond donors (Lipinski definition) is 5. The molecule has 1 aromatic heterocycles. The lowest BCUT2D eigenvalue weighted by atomic mass is 9.85. The van der Waals surface area contributed by atoms with Gasteiger partial charge in [-0.15, -0.1) is 0 Å². The van der Waals surface area contributed by atoms with Crippen LogP contribution in [0.1, 0.15) is 90.3 Å². The minimum atomic E-state index is -5.04. The summed E-state index contributed by atoms with van der Waals surface area (Å²) in [5.74, 6) is -2.79. The maximum absolute atomic E-state index is 14.7. The number of fused-ring (bicyclic) bond motifs is 2. The number of hydrogen-bond acceptors (Lipinski definition) is 8. The second kappa shape index (κ2) is 18.2. The molecule has 2 aliphatic heterocycles. The highest BCUT2D eigenvalue weighted by atomic mass is 31.2. The predicted molar refractivity (Wildman–Crippen MR) is 220 cm³/mol. The highest BCUT2D eigenvalue weighted by molar-refractivity contribution is 7.70. The predicted octanol–water partition coefficient (Wildman–Crippen LogP) is 3.61. The molecular weight excluding hydrogens is 775 g/mol. The van der Waals surface area contributed by atoms with Crippen LogP contribution in [0, 0.1) is 0 Å². The molecule has 0 saturated carbocycles. The number of nitrogens with one attached hydrogen (secondary N) is 2. The van der Waals surface area contributed by atoms with Crippen molar-refractivity contribution in [1.29, 1.82) is 0 Å². The Hall–Kier alpha value is -5.47. The van der Waals surface area contributed by atoms with Crippen molar-refractivity contribution in [3.05, 3.63) is 107 Å². The summed E-state index contributed by atoms with van der Waals surface area (Å²) in [6.07, 6.45) is 1.34. The van der Waals surface area contributed by atoms with E-state index in [2.05, 4.69) is 15.5 Å². The van der Waals surface area contributed by atoms with Crippen molar-refractivity contribution in [1.82, 2.24) is 25.0 Å². The van der Waals surface area contributed by atoms with Gasteiger partial charge in [0.1, 0.15) is 17.8 Å². The first kappa shape index (κ1) is 43.1. The van der Waals surface area contributed by atoms with E-state index in [-0.39, 0.29) is 60.8 Å². The molecule has 4 amide bonds. The smallest absolute Gasteiger partial charge is 0.370 e. The minimum absolute atomic E-state index is 0.0116. The van der Waals surface area contributed by atoms with Crippen LogP contribution in [0.5, 0.6) is 0 Å². The van der Waals surface area contributed by atoms with E-state index >= 15 is 0 Å². The lowest BCUT2D eigenvalue weighted by Gasteiger charge is -2.40. The number of ketones is 1. The molecular formula is C43H51N6O9P. The molecule has 0 radical (unpaired) electrons. The Labute approximate surface area is 342 Å². The molecule has 3 heterocycles. The summed E-state index contributed by atoms with van der Waals surface area (Å²) < 4.78 is 13.2. The summed E-state index contributed by atoms with van der Waals surface area (Å²) in [7, 11) is -3.42. The van der Waals surface area contributed by atoms with Crippen molar-refractivity contribution in [2.24, 2.45) is 12.8 Å². The number of aromatic nitrogens is 1. The topological polar surface area (TPSA) is 221 Å². The molecule has 312 valence electrons. The molecule has 0 aliphatic carbocycles. The fourth-order valence-electron chi connectivity index (χ4n) is 8.34. The SMILES string of the molecule is CC(C)N1CC[C@H]2CC[C@@H](C(=O)N[C@@H](CCC(N)=O)C(=O)CC(c3ccccc3)c3ccccc3)N2C(=O)[C@@H](NC(=O)c2cc3cc(C(=O)P(=O)(O)O)ccc3n2C)C1. The molecule has 0 unspecified atom stereocenters. The number of amides is 4. The number of primary amides is 1. The van der Waals surface area contributed by atoms with Crippen LogP contribution < -0.4 is 16.4 Å². The Balaban J connectivity index is 1.24. The van der Waals surface area contributed by atoms with E-state index < -0.39 is 54.9 Å². The first-order valence-electron chi connectivity index (χ1n) is 19.8. The Morgan fingerprint density at radius 2 is 1.54 bits per heavy atom. The van der Waals surface area contributed by atoms with Gasteiger partial charge < -0.3 is 35.6 Å². The van der Waals surface area contributed by atoms with Crippen LogP contribution in [-0.4, -0.2) is 102 Å². The van der Waals surface area contributed by atoms with Crippen LogP contribution in [0.15, 0.2) is 84.9 Å². The molecule has 2 aliphatic rings. The van der Waals surface area contributed by atoms with Crippen molar-refractivity contribution < 1.29 is 43.1 Å². The summed E-state index contributed by atoms with van der Waals surface area (Å²) in [4.78, 5) is 104. The molecule has 15 nitrogen and oxygen atoms in total. The number of benzene rings is 3. The molecule has 0 bridgehead atoms. The molecule has 16 heteroatoms. The van der Waals surface area contributed by atoms with Crippen molar-refractivity contribution >= 4 is 53.4 Å². The van der Waals surface area contributed by atoms with Crippen molar-refractivity contribution in [3.63, 3.8) is 0 Å². The highest BCUT2D eigenvalue weighted by Gasteiger charge is 2.46. The van der Waals surface area contributed by atoms with Crippen LogP contribution in [0.25, 0.3) is 10.9 Å². The average molecular weight is 827 g/mol. The van der Waals surface area contributed by atoms with Gasteiger partial charge in [-0.05, 0) is 74.9 Å². The van der Waals surface area contributed by atoms with Gasteiger partial charge in [-0.25, -0.2) is 0 Å². The number of rotatable bonds is 15. The number of aryl methyl sites for hydroxylation is 1. The van der Waals surface area contributed by atoms with Crippen LogP contribution in [0.2, 0.25) is 0 Å². The van der Waals surface area contributed by atoms with E-state index in [0.717, 1.165) is 11.1 Å². The zero-order chi connectivity index (χ0) is 42.6. The van der Waals surface area contributed by atoms with Gasteiger partial charge in [-0.1, -0.05) is 60.7 Å². The number of carbonyl (C=O) groups excluding carboxylic acids is 6. The van der Waals surface area contributed by atoms with E-state index in [9.17, 15) is 43.1 Å². The Morgan fingerprint density at radius 3 is 2.14 bits per heavy atom. The first-order valence-corrected chi connectivity index (χ1v) is 21.4. The molecule has 2 fully saturated rings. The van der Waals surface area contributed by atoms with Gasteiger partial charge in [0, 0.05) is 67.4 Å². The third-order valence-electron chi connectivity index (χ3n) is 11.5. The summed E-state index contributed by atoms with van der Waals surface area (Å²) >= 11 is 0. The zero-order valence-electron chi connectivity index (χ0n) is 33.3. The van der Waals surface area contributed by atoms with Crippen molar-refractivity contribution in [3.8, 4) is 0 Å². The third kappa shape index (κ3) is 9.88. The van der Waals surface area contributed by atoms with Crippen LogP contribution >= 0.6 is 7.60 Å². The Bertz CT molecular complexity index is 2240. The highest BCUT2D eigenvalue weighted by Crippen LogP contribution is 2.40. The fraction of sp³-hybridized carbons (Fsp3) is 0.395. The molecule has 6 N–H and O–H groups in total. The normalized spacial score (nSPS) is 19.3. The number of carbonyl (C=O) groups is 6. The van der Waals surface area contributed by atoms with E-state index in [0.29, 0.717) is 36.7 Å². The lowest BCUT2D eigenvalue weighted by Crippen LogP contribution is -2.61. The van der Waals surface area contributed by atoms with Crippen LogP contribution in [0.4, 0.5) is 0 Å². The summed E-state index contributed by atoms with van der Waals surface area (Å²) in [5.41, 5.74) is 6.46. The largest absolute Gasteiger partial charge is 0.396 e. The number of Topliss-reactive ketones (excluding diaryl/α,β-unsaturated/α-hetero) is 1. The van der Waals surface area contributed by atoms with Gasteiger partial charge >= 0.3 is 7.60 Å². The monoisotopic (exact) mass is 826 g/mol. The summed E-state index contributed by atoms with van der Waals surface area (Å²) in [6, 6.07) is 21.3. The van der Waals surface area contributed by atoms with E-state index in [1.54, 1.807) is 16.5 Å². The molecule has 59 heavy (non-hydrogen) atoms.